The van der Waals surface area contributed by atoms with Crippen LogP contribution in [0, 0.1) is 0 Å². The number of fused-ring (bicyclic) bond motifs is 1. The van der Waals surface area contributed by atoms with Gasteiger partial charge in [-0.1, -0.05) is 24.3 Å². The number of hydrogen-bond acceptors (Lipinski definition) is 5. The Balaban J connectivity index is 1.40. The smallest absolute Gasteiger partial charge is 0.258 e. The van der Waals surface area contributed by atoms with Gasteiger partial charge in [-0.15, -0.1) is 0 Å². The van der Waals surface area contributed by atoms with Crippen LogP contribution in [0.2, 0.25) is 0 Å². The molecule has 2 saturated heterocycles. The van der Waals surface area contributed by atoms with Gasteiger partial charge in [-0.25, -0.2) is 0 Å². The third kappa shape index (κ3) is 4.50. The lowest BCUT2D eigenvalue weighted by atomic mass is 10.0. The van der Waals surface area contributed by atoms with Crippen LogP contribution in [0.5, 0.6) is 5.75 Å². The van der Waals surface area contributed by atoms with Gasteiger partial charge in [-0.2, -0.15) is 0 Å². The van der Waals surface area contributed by atoms with Crippen LogP contribution < -0.4 is 10.1 Å². The SMILES string of the molecule is C=C(C)CN1CCN(C(=O)C(C)N2CCC3(CCC2=O)NC(=O)c2ccccc2O3)CC1. The molecule has 0 bridgehead atoms. The summed E-state index contributed by atoms with van der Waals surface area (Å²) in [7, 11) is 0. The summed E-state index contributed by atoms with van der Waals surface area (Å²) in [5.74, 6) is 0.238. The van der Waals surface area contributed by atoms with Crippen LogP contribution in [0.25, 0.3) is 0 Å². The second kappa shape index (κ2) is 8.94. The summed E-state index contributed by atoms with van der Waals surface area (Å²) in [5, 5.41) is 2.97. The van der Waals surface area contributed by atoms with Crippen molar-refractivity contribution in [1.29, 1.82) is 0 Å². The summed E-state index contributed by atoms with van der Waals surface area (Å²) in [4.78, 5) is 44.5. The Labute approximate surface area is 189 Å². The molecule has 1 spiro atoms. The zero-order valence-corrected chi connectivity index (χ0v) is 18.9. The molecule has 1 N–H and O–H groups in total. The molecule has 0 aromatic heterocycles. The lowest BCUT2D eigenvalue weighted by Gasteiger charge is -2.39. The van der Waals surface area contributed by atoms with Crippen LogP contribution in [0.3, 0.4) is 0 Å². The van der Waals surface area contributed by atoms with E-state index in [4.69, 9.17) is 4.74 Å². The Morgan fingerprint density at radius 3 is 2.59 bits per heavy atom. The van der Waals surface area contributed by atoms with Gasteiger partial charge in [0, 0.05) is 58.5 Å². The molecule has 3 amide bonds. The molecule has 3 aliphatic heterocycles. The minimum absolute atomic E-state index is 0.0248. The molecule has 2 fully saturated rings. The van der Waals surface area contributed by atoms with Gasteiger partial charge < -0.3 is 19.9 Å². The first-order valence-corrected chi connectivity index (χ1v) is 11.3. The van der Waals surface area contributed by atoms with Gasteiger partial charge in [0.05, 0.1) is 5.56 Å². The van der Waals surface area contributed by atoms with Gasteiger partial charge in [0.25, 0.3) is 5.91 Å². The molecule has 3 heterocycles. The zero-order valence-electron chi connectivity index (χ0n) is 18.9. The van der Waals surface area contributed by atoms with Crippen molar-refractivity contribution in [3.05, 3.63) is 42.0 Å². The second-order valence-electron chi connectivity index (χ2n) is 9.12. The molecule has 0 radical (unpaired) electrons. The number of nitrogens with one attached hydrogen (secondary N) is 1. The number of carbonyl (C=O) groups is 3. The lowest BCUT2D eigenvalue weighted by Crippen LogP contribution is -2.57. The van der Waals surface area contributed by atoms with E-state index in [1.807, 2.05) is 17.9 Å². The lowest BCUT2D eigenvalue weighted by molar-refractivity contribution is -0.145. The van der Waals surface area contributed by atoms with Gasteiger partial charge in [0.1, 0.15) is 11.8 Å². The molecule has 8 nitrogen and oxygen atoms in total. The second-order valence-corrected chi connectivity index (χ2v) is 9.12. The number of nitrogens with zero attached hydrogens (tertiary/aromatic N) is 3. The zero-order chi connectivity index (χ0) is 22.9. The predicted octanol–water partition coefficient (Wildman–Crippen LogP) is 1.63. The van der Waals surface area contributed by atoms with Crippen LogP contribution in [0.4, 0.5) is 0 Å². The van der Waals surface area contributed by atoms with Crippen molar-refractivity contribution in [3.8, 4) is 5.75 Å². The molecular weight excluding hydrogens is 408 g/mol. The normalized spacial score (nSPS) is 24.9. The number of amides is 3. The Morgan fingerprint density at radius 2 is 1.88 bits per heavy atom. The minimum atomic E-state index is -0.924. The molecule has 0 aliphatic carbocycles. The highest BCUT2D eigenvalue weighted by atomic mass is 16.5. The van der Waals surface area contributed by atoms with E-state index in [0.717, 1.165) is 25.2 Å². The largest absolute Gasteiger partial charge is 0.467 e. The van der Waals surface area contributed by atoms with E-state index < -0.39 is 11.8 Å². The highest BCUT2D eigenvalue weighted by Crippen LogP contribution is 2.34. The number of para-hydroxylation sites is 1. The number of likely N-dealkylation sites (tertiary alicyclic amines) is 1. The number of rotatable bonds is 4. The van der Waals surface area contributed by atoms with Gasteiger partial charge in [-0.05, 0) is 26.0 Å². The standard InChI is InChI=1S/C24H32N4O4/c1-17(2)16-26-12-14-27(15-13-26)23(31)18(3)28-11-10-24(9-8-21(28)29)25-22(30)19-6-4-5-7-20(19)32-24/h4-7,18H,1,8-16H2,2-3H3,(H,25,30). The van der Waals surface area contributed by atoms with E-state index in [2.05, 4.69) is 16.8 Å². The molecule has 4 rings (SSSR count). The quantitative estimate of drug-likeness (QED) is 0.720. The molecule has 1 aromatic carbocycles. The average molecular weight is 441 g/mol. The summed E-state index contributed by atoms with van der Waals surface area (Å²) < 4.78 is 6.19. The van der Waals surface area contributed by atoms with Crippen molar-refractivity contribution in [2.24, 2.45) is 0 Å². The van der Waals surface area contributed by atoms with Crippen LogP contribution >= 0.6 is 0 Å². The fourth-order valence-electron chi connectivity index (χ4n) is 4.80. The highest BCUT2D eigenvalue weighted by Gasteiger charge is 2.44. The maximum atomic E-state index is 13.2. The summed E-state index contributed by atoms with van der Waals surface area (Å²) in [5.41, 5.74) is 0.689. The number of ether oxygens (including phenoxy) is 1. The van der Waals surface area contributed by atoms with Crippen molar-refractivity contribution in [2.45, 2.75) is 44.9 Å². The van der Waals surface area contributed by atoms with Crippen molar-refractivity contribution >= 4 is 17.7 Å². The maximum Gasteiger partial charge on any atom is 0.258 e. The molecule has 2 atom stereocenters. The topological polar surface area (TPSA) is 82.2 Å². The van der Waals surface area contributed by atoms with E-state index in [-0.39, 0.29) is 24.1 Å². The fraction of sp³-hybridized carbons (Fsp3) is 0.542. The monoisotopic (exact) mass is 440 g/mol. The van der Waals surface area contributed by atoms with Gasteiger partial charge in [-0.3, -0.25) is 19.3 Å². The number of hydrogen-bond donors (Lipinski definition) is 1. The first-order chi connectivity index (χ1) is 15.3. The van der Waals surface area contributed by atoms with E-state index in [9.17, 15) is 14.4 Å². The Hall–Kier alpha value is -2.87. The first kappa shape index (κ1) is 22.3. The fourth-order valence-corrected chi connectivity index (χ4v) is 4.80. The van der Waals surface area contributed by atoms with Crippen LogP contribution in [0.1, 0.15) is 43.5 Å². The maximum absolute atomic E-state index is 13.2. The van der Waals surface area contributed by atoms with Gasteiger partial charge in [0.15, 0.2) is 5.72 Å². The van der Waals surface area contributed by atoms with E-state index in [1.165, 1.54) is 0 Å². The Kier molecular flexibility index (Phi) is 6.24. The predicted molar refractivity (Wildman–Crippen MR) is 120 cm³/mol. The Morgan fingerprint density at radius 1 is 1.16 bits per heavy atom. The van der Waals surface area contributed by atoms with Crippen molar-refractivity contribution in [3.63, 3.8) is 0 Å². The van der Waals surface area contributed by atoms with Crippen LogP contribution in [-0.2, 0) is 9.59 Å². The summed E-state index contributed by atoms with van der Waals surface area (Å²) in [6.07, 6.45) is 1.03. The van der Waals surface area contributed by atoms with Gasteiger partial charge in [0.2, 0.25) is 11.8 Å². The van der Waals surface area contributed by atoms with Crippen molar-refractivity contribution < 1.29 is 19.1 Å². The first-order valence-electron chi connectivity index (χ1n) is 11.3. The van der Waals surface area contributed by atoms with E-state index in [1.54, 1.807) is 30.0 Å². The number of piperazine rings is 1. The third-order valence-electron chi connectivity index (χ3n) is 6.60. The Bertz CT molecular complexity index is 924. The molecule has 8 heteroatoms. The molecule has 32 heavy (non-hydrogen) atoms. The van der Waals surface area contributed by atoms with Crippen molar-refractivity contribution in [1.82, 2.24) is 20.0 Å². The minimum Gasteiger partial charge on any atom is -0.467 e. The number of carbonyl (C=O) groups excluding carboxylic acids is 3. The molecule has 2 unspecified atom stereocenters. The van der Waals surface area contributed by atoms with Crippen molar-refractivity contribution in [2.75, 3.05) is 39.3 Å². The molecule has 0 saturated carbocycles. The molecule has 1 aromatic rings. The summed E-state index contributed by atoms with van der Waals surface area (Å²) >= 11 is 0. The van der Waals surface area contributed by atoms with Crippen LogP contribution in [0.15, 0.2) is 36.4 Å². The summed E-state index contributed by atoms with van der Waals surface area (Å²) in [6.45, 7) is 11.9. The average Bonchev–Trinajstić information content (AvgIpc) is 2.92. The van der Waals surface area contributed by atoms with E-state index >= 15 is 0 Å². The van der Waals surface area contributed by atoms with Crippen LogP contribution in [-0.4, -0.2) is 83.5 Å². The molecule has 3 aliphatic rings. The third-order valence-corrected chi connectivity index (χ3v) is 6.60. The number of benzene rings is 1. The van der Waals surface area contributed by atoms with Gasteiger partial charge >= 0.3 is 0 Å². The van der Waals surface area contributed by atoms with E-state index in [0.29, 0.717) is 43.8 Å². The highest BCUT2D eigenvalue weighted by molar-refractivity contribution is 5.98. The summed E-state index contributed by atoms with van der Waals surface area (Å²) in [6, 6.07) is 6.58. The molecule has 172 valence electrons. The molecular formula is C24H32N4O4.